The van der Waals surface area contributed by atoms with Gasteiger partial charge in [0.15, 0.2) is 5.75 Å². The van der Waals surface area contributed by atoms with Crippen molar-refractivity contribution in [3.05, 3.63) is 47.3 Å². The van der Waals surface area contributed by atoms with Crippen molar-refractivity contribution in [2.24, 2.45) is 0 Å². The number of anilines is 1. The van der Waals surface area contributed by atoms with Gasteiger partial charge in [0.25, 0.3) is 0 Å². The molecule has 0 spiro atoms. The number of halogens is 6. The molecule has 0 radical (unpaired) electrons. The fraction of sp³-hybridized carbons (Fsp3) is 0.450. The minimum atomic E-state index is -4.91. The maximum absolute atomic E-state index is 12.9. The van der Waals surface area contributed by atoms with Gasteiger partial charge in [-0.05, 0) is 36.6 Å². The molecule has 0 aliphatic heterocycles. The van der Waals surface area contributed by atoms with E-state index in [-0.39, 0.29) is 36.5 Å². The van der Waals surface area contributed by atoms with Crippen LogP contribution in [0.5, 0.6) is 5.75 Å². The molecule has 0 bridgehead atoms. The summed E-state index contributed by atoms with van der Waals surface area (Å²) >= 11 is 0. The number of carbonyl (C=O) groups is 1. The molecular weight excluding hydrogens is 428 g/mol. The zero-order valence-electron chi connectivity index (χ0n) is 16.6. The molecule has 1 heterocycles. The summed E-state index contributed by atoms with van der Waals surface area (Å²) in [6.07, 6.45) is -4.92. The van der Waals surface area contributed by atoms with Crippen LogP contribution in [0.1, 0.15) is 49.3 Å². The van der Waals surface area contributed by atoms with E-state index in [1.54, 1.807) is 0 Å². The summed E-state index contributed by atoms with van der Waals surface area (Å²) in [6, 6.07) is 1.35. The molecule has 2 rings (SSSR count). The SMILES string of the molecule is CCCC(=O)CCCOc1cnc(NCc2cc(C(F)(F)F)cc(C(F)(F)F)c2)nc1. The van der Waals surface area contributed by atoms with E-state index >= 15 is 0 Å². The quantitative estimate of drug-likeness (QED) is 0.375. The molecule has 170 valence electrons. The van der Waals surface area contributed by atoms with Crippen molar-refractivity contribution in [3.63, 3.8) is 0 Å². The summed E-state index contributed by atoms with van der Waals surface area (Å²) in [5.74, 6) is 0.494. The first-order chi connectivity index (χ1) is 14.5. The third-order valence-corrected chi connectivity index (χ3v) is 4.12. The molecule has 0 unspecified atom stereocenters. The van der Waals surface area contributed by atoms with E-state index in [0.717, 1.165) is 6.42 Å². The van der Waals surface area contributed by atoms with E-state index < -0.39 is 23.5 Å². The highest BCUT2D eigenvalue weighted by Gasteiger charge is 2.36. The van der Waals surface area contributed by atoms with E-state index in [2.05, 4.69) is 15.3 Å². The van der Waals surface area contributed by atoms with Crippen LogP contribution in [0.2, 0.25) is 0 Å². The minimum Gasteiger partial charge on any atom is -0.490 e. The normalized spacial score (nSPS) is 12.0. The zero-order valence-corrected chi connectivity index (χ0v) is 16.6. The number of rotatable bonds is 10. The number of benzene rings is 1. The highest BCUT2D eigenvalue weighted by atomic mass is 19.4. The Kier molecular flexibility index (Phi) is 8.23. The number of hydrogen-bond donors (Lipinski definition) is 1. The first-order valence-electron chi connectivity index (χ1n) is 9.48. The Hall–Kier alpha value is -2.85. The number of hydrogen-bond acceptors (Lipinski definition) is 5. The van der Waals surface area contributed by atoms with Crippen molar-refractivity contribution in [2.45, 2.75) is 51.5 Å². The third kappa shape index (κ3) is 8.06. The summed E-state index contributed by atoms with van der Waals surface area (Å²) < 4.78 is 82.9. The van der Waals surface area contributed by atoms with Gasteiger partial charge in [0.2, 0.25) is 5.95 Å². The number of ether oxygens (including phenoxy) is 1. The molecule has 0 aliphatic carbocycles. The Balaban J connectivity index is 1.95. The summed E-state index contributed by atoms with van der Waals surface area (Å²) in [6.45, 7) is 1.87. The molecule has 31 heavy (non-hydrogen) atoms. The summed E-state index contributed by atoms with van der Waals surface area (Å²) in [4.78, 5) is 19.3. The van der Waals surface area contributed by atoms with Gasteiger partial charge in [-0.1, -0.05) is 6.92 Å². The van der Waals surface area contributed by atoms with E-state index in [9.17, 15) is 31.1 Å². The molecule has 0 saturated carbocycles. The third-order valence-electron chi connectivity index (χ3n) is 4.12. The fourth-order valence-corrected chi connectivity index (χ4v) is 2.65. The topological polar surface area (TPSA) is 64.1 Å². The Labute approximate surface area is 174 Å². The summed E-state index contributed by atoms with van der Waals surface area (Å²) in [5.41, 5.74) is -3.00. The number of nitrogens with one attached hydrogen (secondary N) is 1. The number of Topliss-reactive ketones (excluding diaryl/α,β-unsaturated/α-hetero) is 1. The molecule has 2 aromatic rings. The van der Waals surface area contributed by atoms with Gasteiger partial charge in [-0.15, -0.1) is 0 Å². The van der Waals surface area contributed by atoms with Crippen LogP contribution >= 0.6 is 0 Å². The predicted molar refractivity (Wildman–Crippen MR) is 100 cm³/mol. The Morgan fingerprint density at radius 2 is 1.55 bits per heavy atom. The fourth-order valence-electron chi connectivity index (χ4n) is 2.65. The van der Waals surface area contributed by atoms with Crippen LogP contribution in [-0.2, 0) is 23.7 Å². The molecule has 0 aliphatic rings. The van der Waals surface area contributed by atoms with E-state index in [4.69, 9.17) is 4.74 Å². The summed E-state index contributed by atoms with van der Waals surface area (Å²) in [5, 5.41) is 2.58. The lowest BCUT2D eigenvalue weighted by Gasteiger charge is -2.14. The van der Waals surface area contributed by atoms with Gasteiger partial charge in [-0.3, -0.25) is 4.79 Å². The molecule has 0 amide bonds. The number of carbonyl (C=O) groups excluding carboxylic acids is 1. The van der Waals surface area contributed by atoms with Gasteiger partial charge >= 0.3 is 12.4 Å². The average Bonchev–Trinajstić information content (AvgIpc) is 2.69. The van der Waals surface area contributed by atoms with Crippen molar-refractivity contribution in [1.82, 2.24) is 9.97 Å². The first kappa shape index (κ1) is 24.4. The van der Waals surface area contributed by atoms with Crippen molar-refractivity contribution < 1.29 is 35.9 Å². The first-order valence-corrected chi connectivity index (χ1v) is 9.48. The zero-order chi connectivity index (χ0) is 23.1. The number of ketones is 1. The molecule has 0 fully saturated rings. The van der Waals surface area contributed by atoms with Crippen LogP contribution in [0.4, 0.5) is 32.3 Å². The van der Waals surface area contributed by atoms with Gasteiger partial charge in [-0.25, -0.2) is 9.97 Å². The lowest BCUT2D eigenvalue weighted by Crippen LogP contribution is -2.13. The lowest BCUT2D eigenvalue weighted by atomic mass is 10.0. The number of alkyl halides is 6. The molecule has 1 aromatic carbocycles. The minimum absolute atomic E-state index is 0.0106. The second kappa shape index (κ2) is 10.5. The van der Waals surface area contributed by atoms with E-state index in [0.29, 0.717) is 37.1 Å². The van der Waals surface area contributed by atoms with E-state index in [1.807, 2.05) is 6.92 Å². The highest BCUT2D eigenvalue weighted by Crippen LogP contribution is 2.36. The van der Waals surface area contributed by atoms with Crippen LogP contribution in [0.15, 0.2) is 30.6 Å². The van der Waals surface area contributed by atoms with Crippen molar-refractivity contribution >= 4 is 11.7 Å². The van der Waals surface area contributed by atoms with Gasteiger partial charge in [0, 0.05) is 19.4 Å². The molecule has 1 N–H and O–H groups in total. The Bertz CT molecular complexity index is 834. The van der Waals surface area contributed by atoms with Crippen LogP contribution in [0.3, 0.4) is 0 Å². The maximum Gasteiger partial charge on any atom is 0.416 e. The predicted octanol–water partition coefficient (Wildman–Crippen LogP) is 5.65. The van der Waals surface area contributed by atoms with Crippen LogP contribution in [0.25, 0.3) is 0 Å². The standard InChI is InChI=1S/C20H21F6N3O2/c1-2-4-16(30)5-3-6-31-17-11-28-18(29-12-17)27-10-13-7-14(19(21,22)23)9-15(8-13)20(24,25)26/h7-9,11-12H,2-6,10H2,1H3,(H,27,28,29). The monoisotopic (exact) mass is 449 g/mol. The number of aromatic nitrogens is 2. The summed E-state index contributed by atoms with van der Waals surface area (Å²) in [7, 11) is 0. The number of nitrogens with zero attached hydrogens (tertiary/aromatic N) is 2. The van der Waals surface area contributed by atoms with E-state index in [1.165, 1.54) is 12.4 Å². The molecule has 5 nitrogen and oxygen atoms in total. The molecule has 11 heteroatoms. The molecular formula is C20H21F6N3O2. The van der Waals surface area contributed by atoms with Crippen molar-refractivity contribution in [3.8, 4) is 5.75 Å². The molecule has 1 aromatic heterocycles. The van der Waals surface area contributed by atoms with Gasteiger partial charge in [0.1, 0.15) is 5.78 Å². The van der Waals surface area contributed by atoms with Crippen molar-refractivity contribution in [1.29, 1.82) is 0 Å². The Morgan fingerprint density at radius 1 is 0.968 bits per heavy atom. The van der Waals surface area contributed by atoms with Crippen LogP contribution < -0.4 is 10.1 Å². The van der Waals surface area contributed by atoms with Crippen LogP contribution in [-0.4, -0.2) is 22.4 Å². The largest absolute Gasteiger partial charge is 0.490 e. The Morgan fingerprint density at radius 3 is 2.06 bits per heavy atom. The maximum atomic E-state index is 12.9. The van der Waals surface area contributed by atoms with Crippen LogP contribution in [0, 0.1) is 0 Å². The smallest absolute Gasteiger partial charge is 0.416 e. The second-order valence-corrected chi connectivity index (χ2v) is 6.75. The highest BCUT2D eigenvalue weighted by molar-refractivity contribution is 5.78. The van der Waals surface area contributed by atoms with Gasteiger partial charge in [-0.2, -0.15) is 26.3 Å². The average molecular weight is 449 g/mol. The van der Waals surface area contributed by atoms with Gasteiger partial charge < -0.3 is 10.1 Å². The van der Waals surface area contributed by atoms with Gasteiger partial charge in [0.05, 0.1) is 30.1 Å². The lowest BCUT2D eigenvalue weighted by molar-refractivity contribution is -0.143. The second-order valence-electron chi connectivity index (χ2n) is 6.75. The van der Waals surface area contributed by atoms with Crippen molar-refractivity contribution in [2.75, 3.05) is 11.9 Å². The molecule has 0 atom stereocenters. The molecule has 0 saturated heterocycles.